The van der Waals surface area contributed by atoms with Crippen molar-refractivity contribution in [2.24, 2.45) is 5.92 Å². The third-order valence-electron chi connectivity index (χ3n) is 3.76. The summed E-state index contributed by atoms with van der Waals surface area (Å²) in [6.45, 7) is 9.91. The zero-order valence-corrected chi connectivity index (χ0v) is 14.0. The van der Waals surface area contributed by atoms with Crippen LogP contribution in [0.5, 0.6) is 0 Å². The van der Waals surface area contributed by atoms with E-state index < -0.39 is 0 Å². The molecular formula is C17H27N3O2. The smallest absolute Gasteiger partial charge is 0.243 e. The molecule has 1 rings (SSSR count). The van der Waals surface area contributed by atoms with Crippen molar-refractivity contribution >= 4 is 23.2 Å². The topological polar surface area (TPSA) is 61.4 Å². The standard InChI is InChI=1S/C17H27N3O2/c1-5-13(4)17(22)18-12-16(21)19-14-8-10-15(11-9-14)20(6-2)7-3/h8-11,13H,5-7,12H2,1-4H3,(H,18,22)(H,19,21). The Balaban J connectivity index is 2.50. The van der Waals surface area contributed by atoms with Gasteiger partial charge in [-0.3, -0.25) is 9.59 Å². The first-order chi connectivity index (χ1) is 10.5. The van der Waals surface area contributed by atoms with Gasteiger partial charge in [0.05, 0.1) is 6.54 Å². The summed E-state index contributed by atoms with van der Waals surface area (Å²) in [5, 5.41) is 5.43. The van der Waals surface area contributed by atoms with Gasteiger partial charge in [-0.15, -0.1) is 0 Å². The first-order valence-electron chi connectivity index (χ1n) is 7.94. The molecule has 0 saturated heterocycles. The van der Waals surface area contributed by atoms with Crippen LogP contribution in [0.25, 0.3) is 0 Å². The molecule has 5 heteroatoms. The van der Waals surface area contributed by atoms with Crippen LogP contribution in [0.15, 0.2) is 24.3 Å². The number of nitrogens with zero attached hydrogens (tertiary/aromatic N) is 1. The maximum absolute atomic E-state index is 11.8. The molecule has 0 aliphatic rings. The zero-order chi connectivity index (χ0) is 16.5. The lowest BCUT2D eigenvalue weighted by Gasteiger charge is -2.21. The van der Waals surface area contributed by atoms with Crippen molar-refractivity contribution < 1.29 is 9.59 Å². The van der Waals surface area contributed by atoms with E-state index in [-0.39, 0.29) is 24.3 Å². The van der Waals surface area contributed by atoms with E-state index in [1.807, 2.05) is 38.1 Å². The fourth-order valence-corrected chi connectivity index (χ4v) is 2.08. The molecule has 1 atom stereocenters. The Morgan fingerprint density at radius 3 is 2.18 bits per heavy atom. The van der Waals surface area contributed by atoms with Gasteiger partial charge >= 0.3 is 0 Å². The predicted octanol–water partition coefficient (Wildman–Crippen LogP) is 2.63. The normalized spacial score (nSPS) is 11.6. The van der Waals surface area contributed by atoms with Crippen LogP contribution in [-0.4, -0.2) is 31.4 Å². The highest BCUT2D eigenvalue weighted by Gasteiger charge is 2.11. The summed E-state index contributed by atoms with van der Waals surface area (Å²) in [6, 6.07) is 7.73. The van der Waals surface area contributed by atoms with Gasteiger partial charge in [-0.1, -0.05) is 13.8 Å². The minimum Gasteiger partial charge on any atom is -0.372 e. The molecule has 1 aromatic rings. The Labute approximate surface area is 133 Å². The Kier molecular flexibility index (Phi) is 7.43. The first-order valence-corrected chi connectivity index (χ1v) is 7.94. The molecule has 0 fully saturated rings. The van der Waals surface area contributed by atoms with Crippen LogP contribution in [0.2, 0.25) is 0 Å². The number of nitrogens with one attached hydrogen (secondary N) is 2. The van der Waals surface area contributed by atoms with Crippen molar-refractivity contribution in [1.82, 2.24) is 5.32 Å². The van der Waals surface area contributed by atoms with E-state index in [2.05, 4.69) is 29.4 Å². The highest BCUT2D eigenvalue weighted by atomic mass is 16.2. The number of anilines is 2. The molecule has 0 aromatic heterocycles. The Hall–Kier alpha value is -2.04. The largest absolute Gasteiger partial charge is 0.372 e. The van der Waals surface area contributed by atoms with Gasteiger partial charge < -0.3 is 15.5 Å². The van der Waals surface area contributed by atoms with E-state index in [1.54, 1.807) is 0 Å². The molecule has 5 nitrogen and oxygen atoms in total. The van der Waals surface area contributed by atoms with Gasteiger partial charge in [-0.2, -0.15) is 0 Å². The third-order valence-corrected chi connectivity index (χ3v) is 3.76. The van der Waals surface area contributed by atoms with Crippen LogP contribution in [-0.2, 0) is 9.59 Å². The van der Waals surface area contributed by atoms with Crippen molar-refractivity contribution in [2.75, 3.05) is 29.9 Å². The third kappa shape index (κ3) is 5.39. The molecule has 0 radical (unpaired) electrons. The quantitative estimate of drug-likeness (QED) is 0.776. The summed E-state index contributed by atoms with van der Waals surface area (Å²) >= 11 is 0. The molecule has 0 bridgehead atoms. The first kappa shape index (κ1) is 18.0. The second kappa shape index (κ2) is 9.07. The second-order valence-corrected chi connectivity index (χ2v) is 5.29. The van der Waals surface area contributed by atoms with Crippen molar-refractivity contribution in [3.63, 3.8) is 0 Å². The minimum absolute atomic E-state index is 0.000962. The number of hydrogen-bond acceptors (Lipinski definition) is 3. The summed E-state index contributed by atoms with van der Waals surface area (Å²) in [4.78, 5) is 25.7. The van der Waals surface area contributed by atoms with Crippen LogP contribution in [0.4, 0.5) is 11.4 Å². The van der Waals surface area contributed by atoms with Crippen LogP contribution in [0.3, 0.4) is 0 Å². The van der Waals surface area contributed by atoms with E-state index in [0.29, 0.717) is 0 Å². The molecule has 0 saturated carbocycles. The fourth-order valence-electron chi connectivity index (χ4n) is 2.08. The van der Waals surface area contributed by atoms with Crippen LogP contribution >= 0.6 is 0 Å². The lowest BCUT2D eigenvalue weighted by molar-refractivity contribution is -0.126. The van der Waals surface area contributed by atoms with Gasteiger partial charge in [0, 0.05) is 30.4 Å². The molecule has 0 spiro atoms. The Morgan fingerprint density at radius 2 is 1.68 bits per heavy atom. The molecule has 2 amide bonds. The monoisotopic (exact) mass is 305 g/mol. The number of amides is 2. The molecule has 0 aliphatic carbocycles. The van der Waals surface area contributed by atoms with E-state index in [0.717, 1.165) is 30.9 Å². The van der Waals surface area contributed by atoms with Crippen LogP contribution < -0.4 is 15.5 Å². The molecule has 0 aliphatic heterocycles. The SMILES string of the molecule is CCC(C)C(=O)NCC(=O)Nc1ccc(N(CC)CC)cc1. The second-order valence-electron chi connectivity index (χ2n) is 5.29. The maximum Gasteiger partial charge on any atom is 0.243 e. The van der Waals surface area contributed by atoms with Gasteiger partial charge in [-0.05, 0) is 44.5 Å². The number of carbonyl (C=O) groups is 2. The highest BCUT2D eigenvalue weighted by Crippen LogP contribution is 2.17. The van der Waals surface area contributed by atoms with Crippen molar-refractivity contribution in [2.45, 2.75) is 34.1 Å². The van der Waals surface area contributed by atoms with Gasteiger partial charge in [0.15, 0.2) is 0 Å². The maximum atomic E-state index is 11.8. The predicted molar refractivity (Wildman–Crippen MR) is 91.1 cm³/mol. The van der Waals surface area contributed by atoms with Gasteiger partial charge in [0.2, 0.25) is 11.8 Å². The molecular weight excluding hydrogens is 278 g/mol. The lowest BCUT2D eigenvalue weighted by Crippen LogP contribution is -2.35. The molecule has 0 heterocycles. The summed E-state index contributed by atoms with van der Waals surface area (Å²) in [5.41, 5.74) is 1.87. The summed E-state index contributed by atoms with van der Waals surface area (Å²) in [6.07, 6.45) is 0.764. The molecule has 1 aromatic carbocycles. The number of benzene rings is 1. The van der Waals surface area contributed by atoms with Crippen molar-refractivity contribution in [1.29, 1.82) is 0 Å². The van der Waals surface area contributed by atoms with Gasteiger partial charge in [0.1, 0.15) is 0 Å². The summed E-state index contributed by atoms with van der Waals surface area (Å²) in [7, 11) is 0. The molecule has 122 valence electrons. The summed E-state index contributed by atoms with van der Waals surface area (Å²) < 4.78 is 0. The number of hydrogen-bond donors (Lipinski definition) is 2. The number of rotatable bonds is 8. The molecule has 22 heavy (non-hydrogen) atoms. The van der Waals surface area contributed by atoms with E-state index in [4.69, 9.17) is 0 Å². The van der Waals surface area contributed by atoms with E-state index in [1.165, 1.54) is 0 Å². The molecule has 1 unspecified atom stereocenters. The van der Waals surface area contributed by atoms with Crippen LogP contribution in [0, 0.1) is 5.92 Å². The molecule has 2 N–H and O–H groups in total. The van der Waals surface area contributed by atoms with Crippen molar-refractivity contribution in [3.8, 4) is 0 Å². The van der Waals surface area contributed by atoms with E-state index in [9.17, 15) is 9.59 Å². The fraction of sp³-hybridized carbons (Fsp3) is 0.529. The summed E-state index contributed by atoms with van der Waals surface area (Å²) in [5.74, 6) is -0.372. The highest BCUT2D eigenvalue weighted by molar-refractivity contribution is 5.94. The number of carbonyl (C=O) groups excluding carboxylic acids is 2. The lowest BCUT2D eigenvalue weighted by atomic mass is 10.1. The Bertz CT molecular complexity index is 481. The van der Waals surface area contributed by atoms with Gasteiger partial charge in [-0.25, -0.2) is 0 Å². The van der Waals surface area contributed by atoms with Crippen molar-refractivity contribution in [3.05, 3.63) is 24.3 Å². The average Bonchev–Trinajstić information content (AvgIpc) is 2.54. The minimum atomic E-state index is -0.216. The average molecular weight is 305 g/mol. The van der Waals surface area contributed by atoms with Crippen LogP contribution in [0.1, 0.15) is 34.1 Å². The Morgan fingerprint density at radius 1 is 1.09 bits per heavy atom. The van der Waals surface area contributed by atoms with E-state index >= 15 is 0 Å². The zero-order valence-electron chi connectivity index (χ0n) is 14.0. The van der Waals surface area contributed by atoms with Gasteiger partial charge in [0.25, 0.3) is 0 Å².